The predicted molar refractivity (Wildman–Crippen MR) is 31.1 cm³/mol. The van der Waals surface area contributed by atoms with Gasteiger partial charge in [-0.3, -0.25) is 0 Å². The first-order valence-electron chi connectivity index (χ1n) is 2.72. The summed E-state index contributed by atoms with van der Waals surface area (Å²) in [7, 11) is 0. The number of hydrogen-bond acceptors (Lipinski definition) is 5. The molecule has 0 aromatic carbocycles. The van der Waals surface area contributed by atoms with Gasteiger partial charge >= 0.3 is 0 Å². The minimum Gasteiger partial charge on any atom is -0.388 e. The van der Waals surface area contributed by atoms with Crippen LogP contribution in [0.2, 0.25) is 0 Å². The summed E-state index contributed by atoms with van der Waals surface area (Å²) in [5, 5.41) is 25.4. The smallest absolute Gasteiger partial charge is 0.151 e. The summed E-state index contributed by atoms with van der Waals surface area (Å²) in [6.45, 7) is -0.793. The van der Waals surface area contributed by atoms with E-state index in [1.165, 1.54) is 0 Å². The van der Waals surface area contributed by atoms with E-state index in [0.717, 1.165) is 0 Å². The zero-order valence-corrected chi connectivity index (χ0v) is 5.30. The van der Waals surface area contributed by atoms with Gasteiger partial charge in [-0.25, -0.2) is 0 Å². The van der Waals surface area contributed by atoms with Crippen LogP contribution in [0.5, 0.6) is 0 Å². The third-order valence-corrected chi connectivity index (χ3v) is 0.914. The summed E-state index contributed by atoms with van der Waals surface area (Å²) in [5.41, 5.74) is 0. The van der Waals surface area contributed by atoms with Crippen LogP contribution in [-0.2, 0) is 9.53 Å². The number of ether oxygens (including phenoxy) is 1. The van der Waals surface area contributed by atoms with Gasteiger partial charge in [-0.15, -0.1) is 0 Å². The number of rotatable bonds is 5. The topological polar surface area (TPSA) is 87.0 Å². The molecule has 0 saturated carbocycles. The largest absolute Gasteiger partial charge is 0.388 e. The number of aliphatic hydroxyl groups excluding tert-OH is 3. The van der Waals surface area contributed by atoms with Gasteiger partial charge in [0.2, 0.25) is 0 Å². The Morgan fingerprint density at radius 2 is 2.10 bits per heavy atom. The van der Waals surface area contributed by atoms with Crippen molar-refractivity contribution in [2.75, 3.05) is 13.4 Å². The number of aldehydes is 1. The maximum Gasteiger partial charge on any atom is 0.151 e. The molecule has 0 aliphatic rings. The van der Waals surface area contributed by atoms with Crippen LogP contribution in [0.4, 0.5) is 0 Å². The molecule has 2 unspecified atom stereocenters. The lowest BCUT2D eigenvalue weighted by Gasteiger charge is -2.10. The Hall–Kier alpha value is -0.490. The molecule has 60 valence electrons. The molecule has 10 heavy (non-hydrogen) atoms. The Labute approximate surface area is 57.9 Å². The molecular weight excluding hydrogens is 140 g/mol. The van der Waals surface area contributed by atoms with Crippen LogP contribution in [0.25, 0.3) is 0 Å². The first kappa shape index (κ1) is 9.51. The van der Waals surface area contributed by atoms with Gasteiger partial charge in [0.25, 0.3) is 0 Å². The van der Waals surface area contributed by atoms with Gasteiger partial charge in [0, 0.05) is 0 Å². The Morgan fingerprint density at radius 1 is 1.50 bits per heavy atom. The van der Waals surface area contributed by atoms with E-state index >= 15 is 0 Å². The van der Waals surface area contributed by atoms with Crippen molar-refractivity contribution in [3.8, 4) is 0 Å². The molecule has 0 fully saturated rings. The SMILES string of the molecule is O=CC(O)C(O)COCO. The molecule has 0 amide bonds. The molecule has 0 aliphatic carbocycles. The van der Waals surface area contributed by atoms with Crippen molar-refractivity contribution in [1.82, 2.24) is 0 Å². The number of hydrogen-bond donors (Lipinski definition) is 3. The lowest BCUT2D eigenvalue weighted by molar-refractivity contribution is -0.125. The maximum absolute atomic E-state index is 9.78. The fraction of sp³-hybridized carbons (Fsp3) is 0.800. The molecule has 0 spiro atoms. The Bertz CT molecular complexity index is 94.0. The van der Waals surface area contributed by atoms with Crippen LogP contribution in [0, 0.1) is 0 Å². The van der Waals surface area contributed by atoms with Gasteiger partial charge in [0.1, 0.15) is 19.0 Å². The van der Waals surface area contributed by atoms with Gasteiger partial charge in [0.05, 0.1) is 6.61 Å². The molecule has 0 saturated heterocycles. The third-order valence-electron chi connectivity index (χ3n) is 0.914. The summed E-state index contributed by atoms with van der Waals surface area (Å²) < 4.78 is 4.30. The number of aliphatic hydroxyl groups is 3. The lowest BCUT2D eigenvalue weighted by Crippen LogP contribution is -2.31. The average Bonchev–Trinajstić information content (AvgIpc) is 1.98. The summed E-state index contributed by atoms with van der Waals surface area (Å²) in [6, 6.07) is 0. The second-order valence-corrected chi connectivity index (χ2v) is 1.69. The first-order chi connectivity index (χ1) is 4.72. The average molecular weight is 150 g/mol. The van der Waals surface area contributed by atoms with E-state index in [1.807, 2.05) is 0 Å². The summed E-state index contributed by atoms with van der Waals surface area (Å²) in [5.74, 6) is 0. The molecule has 3 N–H and O–H groups in total. The van der Waals surface area contributed by atoms with Gasteiger partial charge in [-0.05, 0) is 0 Å². The van der Waals surface area contributed by atoms with Crippen LogP contribution >= 0.6 is 0 Å². The monoisotopic (exact) mass is 150 g/mol. The molecular formula is C5H10O5. The predicted octanol–water partition coefficient (Wildman–Crippen LogP) is -2.13. The zero-order valence-electron chi connectivity index (χ0n) is 5.30. The molecule has 0 aromatic heterocycles. The molecule has 5 nitrogen and oxygen atoms in total. The van der Waals surface area contributed by atoms with Crippen molar-refractivity contribution in [1.29, 1.82) is 0 Å². The van der Waals surface area contributed by atoms with E-state index in [2.05, 4.69) is 4.74 Å². The lowest BCUT2D eigenvalue weighted by atomic mass is 10.2. The third kappa shape index (κ3) is 3.52. The van der Waals surface area contributed by atoms with Crippen molar-refractivity contribution >= 4 is 6.29 Å². The van der Waals surface area contributed by atoms with Gasteiger partial charge in [-0.1, -0.05) is 0 Å². The fourth-order valence-electron chi connectivity index (χ4n) is 0.363. The quantitative estimate of drug-likeness (QED) is 0.308. The highest BCUT2D eigenvalue weighted by Crippen LogP contribution is 1.89. The standard InChI is InChI=1S/C5H10O5/c6-1-4(8)5(9)2-10-3-7/h1,4-5,7-9H,2-3H2. The van der Waals surface area contributed by atoms with Gasteiger partial charge < -0.3 is 24.9 Å². The molecule has 0 aromatic rings. The minimum atomic E-state index is -1.44. The van der Waals surface area contributed by atoms with E-state index in [4.69, 9.17) is 15.3 Å². The Morgan fingerprint density at radius 3 is 2.50 bits per heavy atom. The molecule has 0 radical (unpaired) electrons. The van der Waals surface area contributed by atoms with E-state index in [9.17, 15) is 4.79 Å². The first-order valence-corrected chi connectivity index (χ1v) is 2.72. The van der Waals surface area contributed by atoms with Crippen LogP contribution in [0.15, 0.2) is 0 Å². The van der Waals surface area contributed by atoms with Gasteiger partial charge in [0.15, 0.2) is 6.29 Å². The van der Waals surface area contributed by atoms with Crippen LogP contribution in [0.3, 0.4) is 0 Å². The highest BCUT2D eigenvalue weighted by molar-refractivity contribution is 5.56. The highest BCUT2D eigenvalue weighted by Gasteiger charge is 2.14. The highest BCUT2D eigenvalue weighted by atomic mass is 16.6. The summed E-state index contributed by atoms with van der Waals surface area (Å²) in [6.07, 6.45) is -2.50. The maximum atomic E-state index is 9.78. The van der Waals surface area contributed by atoms with Crippen LogP contribution in [0.1, 0.15) is 0 Å². The molecule has 0 heterocycles. The summed E-state index contributed by atoms with van der Waals surface area (Å²) >= 11 is 0. The van der Waals surface area contributed by atoms with E-state index < -0.39 is 19.0 Å². The normalized spacial score (nSPS) is 16.3. The molecule has 0 rings (SSSR count). The van der Waals surface area contributed by atoms with Crippen molar-refractivity contribution in [2.45, 2.75) is 12.2 Å². The van der Waals surface area contributed by atoms with Crippen molar-refractivity contribution < 1.29 is 24.9 Å². The van der Waals surface area contributed by atoms with E-state index in [0.29, 0.717) is 0 Å². The minimum absolute atomic E-state index is 0.200. The summed E-state index contributed by atoms with van der Waals surface area (Å²) in [4.78, 5) is 9.78. The van der Waals surface area contributed by atoms with E-state index in [1.54, 1.807) is 0 Å². The zero-order chi connectivity index (χ0) is 7.98. The Balaban J connectivity index is 3.40. The van der Waals surface area contributed by atoms with Gasteiger partial charge in [-0.2, -0.15) is 0 Å². The van der Waals surface area contributed by atoms with Crippen LogP contribution in [-0.4, -0.2) is 47.2 Å². The van der Waals surface area contributed by atoms with Crippen molar-refractivity contribution in [3.63, 3.8) is 0 Å². The second-order valence-electron chi connectivity index (χ2n) is 1.69. The molecule has 5 heteroatoms. The van der Waals surface area contributed by atoms with Crippen LogP contribution < -0.4 is 0 Å². The Kier molecular flexibility index (Phi) is 5.05. The fourth-order valence-corrected chi connectivity index (χ4v) is 0.363. The molecule has 0 bridgehead atoms. The molecule has 0 aliphatic heterocycles. The number of carbonyl (C=O) groups excluding carboxylic acids is 1. The van der Waals surface area contributed by atoms with Crippen molar-refractivity contribution in [2.24, 2.45) is 0 Å². The number of carbonyl (C=O) groups is 1. The van der Waals surface area contributed by atoms with Crippen molar-refractivity contribution in [3.05, 3.63) is 0 Å². The second kappa shape index (κ2) is 5.31. The van der Waals surface area contributed by atoms with E-state index in [-0.39, 0.29) is 12.9 Å². The molecule has 2 atom stereocenters.